The maximum absolute atomic E-state index is 5.27. The Labute approximate surface area is 69.8 Å². The standard InChI is InChI=1S/C10H17N/c1-4-7-11-8-6-10(5-2)9(11)3/h1,9-10H,5-8H2,2-3H3. The molecule has 0 N–H and O–H groups in total. The van der Waals surface area contributed by atoms with E-state index >= 15 is 0 Å². The lowest BCUT2D eigenvalue weighted by Crippen LogP contribution is -2.30. The van der Waals surface area contributed by atoms with Gasteiger partial charge in [0, 0.05) is 6.04 Å². The minimum absolute atomic E-state index is 0.705. The van der Waals surface area contributed by atoms with Gasteiger partial charge in [-0.1, -0.05) is 19.3 Å². The Bertz CT molecular complexity index is 157. The molecule has 1 heteroatoms. The van der Waals surface area contributed by atoms with Gasteiger partial charge >= 0.3 is 0 Å². The van der Waals surface area contributed by atoms with Crippen LogP contribution in [0.1, 0.15) is 26.7 Å². The van der Waals surface area contributed by atoms with Gasteiger partial charge in [0.15, 0.2) is 0 Å². The van der Waals surface area contributed by atoms with Gasteiger partial charge in [0.2, 0.25) is 0 Å². The fraction of sp³-hybridized carbons (Fsp3) is 0.800. The van der Waals surface area contributed by atoms with E-state index in [0.29, 0.717) is 6.04 Å². The molecule has 0 spiro atoms. The van der Waals surface area contributed by atoms with Crippen molar-refractivity contribution in [3.63, 3.8) is 0 Å². The van der Waals surface area contributed by atoms with Gasteiger partial charge in [-0.25, -0.2) is 0 Å². The Morgan fingerprint density at radius 1 is 1.64 bits per heavy atom. The summed E-state index contributed by atoms with van der Waals surface area (Å²) in [4.78, 5) is 2.40. The second-order valence-corrected chi connectivity index (χ2v) is 3.37. The van der Waals surface area contributed by atoms with Crippen LogP contribution in [-0.4, -0.2) is 24.0 Å². The first kappa shape index (κ1) is 8.62. The molecule has 1 fully saturated rings. The van der Waals surface area contributed by atoms with Gasteiger partial charge < -0.3 is 0 Å². The molecule has 2 unspecified atom stereocenters. The molecular formula is C10H17N. The van der Waals surface area contributed by atoms with Gasteiger partial charge in [-0.15, -0.1) is 6.42 Å². The quantitative estimate of drug-likeness (QED) is 0.543. The minimum atomic E-state index is 0.705. The van der Waals surface area contributed by atoms with Crippen LogP contribution in [0.15, 0.2) is 0 Å². The summed E-state index contributed by atoms with van der Waals surface area (Å²) in [5, 5.41) is 0. The third-order valence-electron chi connectivity index (χ3n) is 2.86. The van der Waals surface area contributed by atoms with E-state index in [4.69, 9.17) is 6.42 Å². The molecule has 1 aliphatic rings. The Morgan fingerprint density at radius 3 is 2.82 bits per heavy atom. The summed E-state index contributed by atoms with van der Waals surface area (Å²) in [7, 11) is 0. The zero-order valence-electron chi connectivity index (χ0n) is 7.51. The molecule has 1 saturated heterocycles. The predicted molar refractivity (Wildman–Crippen MR) is 48.3 cm³/mol. The fourth-order valence-corrected chi connectivity index (χ4v) is 1.96. The summed E-state index contributed by atoms with van der Waals surface area (Å²) in [5.74, 6) is 3.59. The van der Waals surface area contributed by atoms with Crippen molar-refractivity contribution < 1.29 is 0 Å². The van der Waals surface area contributed by atoms with Crippen LogP contribution in [0.4, 0.5) is 0 Å². The van der Waals surface area contributed by atoms with Crippen LogP contribution in [-0.2, 0) is 0 Å². The van der Waals surface area contributed by atoms with E-state index in [1.807, 2.05) is 0 Å². The molecule has 0 aliphatic carbocycles. The van der Waals surface area contributed by atoms with Gasteiger partial charge in [0.1, 0.15) is 0 Å². The molecular weight excluding hydrogens is 134 g/mol. The molecule has 1 heterocycles. The SMILES string of the molecule is C#CCN1CCC(CC)C1C. The molecule has 0 bridgehead atoms. The smallest absolute Gasteiger partial charge is 0.0601 e. The van der Waals surface area contributed by atoms with Crippen LogP contribution in [0.2, 0.25) is 0 Å². The molecule has 1 rings (SSSR count). The van der Waals surface area contributed by atoms with Gasteiger partial charge in [0.05, 0.1) is 6.54 Å². The van der Waals surface area contributed by atoms with Crippen LogP contribution in [0.3, 0.4) is 0 Å². The second-order valence-electron chi connectivity index (χ2n) is 3.37. The number of nitrogens with zero attached hydrogens (tertiary/aromatic N) is 1. The lowest BCUT2D eigenvalue weighted by Gasteiger charge is -2.21. The van der Waals surface area contributed by atoms with Crippen molar-refractivity contribution in [1.29, 1.82) is 0 Å². The van der Waals surface area contributed by atoms with Crippen LogP contribution >= 0.6 is 0 Å². The van der Waals surface area contributed by atoms with Gasteiger partial charge in [-0.05, 0) is 25.8 Å². The Hall–Kier alpha value is -0.480. The molecule has 11 heavy (non-hydrogen) atoms. The van der Waals surface area contributed by atoms with Crippen molar-refractivity contribution in [2.75, 3.05) is 13.1 Å². The van der Waals surface area contributed by atoms with Crippen LogP contribution in [0.5, 0.6) is 0 Å². The molecule has 0 aromatic heterocycles. The number of hydrogen-bond acceptors (Lipinski definition) is 1. The van der Waals surface area contributed by atoms with Crippen molar-refractivity contribution >= 4 is 0 Å². The van der Waals surface area contributed by atoms with Crippen molar-refractivity contribution in [3.8, 4) is 12.3 Å². The summed E-state index contributed by atoms with van der Waals surface area (Å²) in [6.45, 7) is 6.58. The van der Waals surface area contributed by atoms with E-state index in [0.717, 1.165) is 12.5 Å². The summed E-state index contributed by atoms with van der Waals surface area (Å²) < 4.78 is 0. The molecule has 0 amide bonds. The number of hydrogen-bond donors (Lipinski definition) is 0. The van der Waals surface area contributed by atoms with Crippen molar-refractivity contribution in [1.82, 2.24) is 4.90 Å². The average Bonchev–Trinajstić information content (AvgIpc) is 2.34. The van der Waals surface area contributed by atoms with Crippen molar-refractivity contribution in [2.24, 2.45) is 5.92 Å². The largest absolute Gasteiger partial charge is 0.289 e. The lowest BCUT2D eigenvalue weighted by molar-refractivity contribution is 0.267. The third-order valence-corrected chi connectivity index (χ3v) is 2.86. The molecule has 0 radical (unpaired) electrons. The molecule has 62 valence electrons. The monoisotopic (exact) mass is 151 g/mol. The number of likely N-dealkylation sites (tertiary alicyclic amines) is 1. The van der Waals surface area contributed by atoms with E-state index in [2.05, 4.69) is 24.7 Å². The Morgan fingerprint density at radius 2 is 2.36 bits per heavy atom. The van der Waals surface area contributed by atoms with E-state index in [1.165, 1.54) is 19.4 Å². The van der Waals surface area contributed by atoms with Crippen molar-refractivity contribution in [3.05, 3.63) is 0 Å². The molecule has 2 atom stereocenters. The first-order valence-corrected chi connectivity index (χ1v) is 4.47. The first-order valence-electron chi connectivity index (χ1n) is 4.47. The van der Waals surface area contributed by atoms with Gasteiger partial charge in [0.25, 0.3) is 0 Å². The fourth-order valence-electron chi connectivity index (χ4n) is 1.96. The predicted octanol–water partition coefficient (Wildman–Crippen LogP) is 1.74. The van der Waals surface area contributed by atoms with Crippen LogP contribution < -0.4 is 0 Å². The van der Waals surface area contributed by atoms with Crippen molar-refractivity contribution in [2.45, 2.75) is 32.7 Å². The Kier molecular flexibility index (Phi) is 2.96. The summed E-state index contributed by atoms with van der Waals surface area (Å²) in [6.07, 6.45) is 7.89. The molecule has 1 nitrogen and oxygen atoms in total. The highest BCUT2D eigenvalue weighted by Crippen LogP contribution is 2.25. The normalized spacial score (nSPS) is 32.1. The lowest BCUT2D eigenvalue weighted by atomic mass is 9.99. The summed E-state index contributed by atoms with van der Waals surface area (Å²) in [6, 6.07) is 0.705. The van der Waals surface area contributed by atoms with E-state index in [-0.39, 0.29) is 0 Å². The van der Waals surface area contributed by atoms with E-state index in [9.17, 15) is 0 Å². The van der Waals surface area contributed by atoms with E-state index < -0.39 is 0 Å². The summed E-state index contributed by atoms with van der Waals surface area (Å²) >= 11 is 0. The number of terminal acetylenes is 1. The maximum Gasteiger partial charge on any atom is 0.0601 e. The number of rotatable bonds is 2. The molecule has 0 aromatic carbocycles. The highest BCUT2D eigenvalue weighted by molar-refractivity contribution is 4.93. The van der Waals surface area contributed by atoms with Crippen LogP contribution in [0, 0.1) is 18.3 Å². The van der Waals surface area contributed by atoms with E-state index in [1.54, 1.807) is 0 Å². The molecule has 0 saturated carbocycles. The first-order chi connectivity index (χ1) is 5.29. The third kappa shape index (κ3) is 1.75. The molecule has 1 aliphatic heterocycles. The molecule has 0 aromatic rings. The second kappa shape index (κ2) is 3.78. The highest BCUT2D eigenvalue weighted by atomic mass is 15.2. The average molecular weight is 151 g/mol. The summed E-state index contributed by atoms with van der Waals surface area (Å²) in [5.41, 5.74) is 0. The Balaban J connectivity index is 2.43. The topological polar surface area (TPSA) is 3.24 Å². The minimum Gasteiger partial charge on any atom is -0.289 e. The zero-order valence-corrected chi connectivity index (χ0v) is 7.51. The van der Waals surface area contributed by atoms with Crippen LogP contribution in [0.25, 0.3) is 0 Å². The zero-order chi connectivity index (χ0) is 8.27. The highest BCUT2D eigenvalue weighted by Gasteiger charge is 2.27. The maximum atomic E-state index is 5.27. The van der Waals surface area contributed by atoms with Gasteiger partial charge in [-0.2, -0.15) is 0 Å². The van der Waals surface area contributed by atoms with Gasteiger partial charge in [-0.3, -0.25) is 4.90 Å².